The third-order valence-corrected chi connectivity index (χ3v) is 6.04. The van der Waals surface area contributed by atoms with E-state index in [2.05, 4.69) is 0 Å². The number of ether oxygens (including phenoxy) is 1. The van der Waals surface area contributed by atoms with Crippen molar-refractivity contribution >= 4 is 17.9 Å². The van der Waals surface area contributed by atoms with Crippen LogP contribution >= 0.6 is 0 Å². The molecule has 2 aliphatic carbocycles. The molecule has 146 valence electrons. The van der Waals surface area contributed by atoms with Crippen molar-refractivity contribution < 1.29 is 19.1 Å². The van der Waals surface area contributed by atoms with Crippen LogP contribution in [0, 0.1) is 0 Å². The Balaban J connectivity index is 1.62. The first-order valence-corrected chi connectivity index (χ1v) is 10.4. The molecule has 1 saturated heterocycles. The molecule has 1 aliphatic heterocycles. The second-order valence-corrected chi connectivity index (χ2v) is 8.08. The molecule has 0 spiro atoms. The number of likely N-dealkylation sites (tertiary alicyclic amines) is 1. The van der Waals surface area contributed by atoms with Crippen LogP contribution in [-0.2, 0) is 14.3 Å². The Morgan fingerprint density at radius 1 is 0.962 bits per heavy atom. The highest BCUT2D eigenvalue weighted by atomic mass is 16.6. The molecule has 3 rings (SSSR count). The van der Waals surface area contributed by atoms with Crippen LogP contribution < -0.4 is 0 Å². The van der Waals surface area contributed by atoms with Crippen LogP contribution in [0.3, 0.4) is 0 Å². The third-order valence-electron chi connectivity index (χ3n) is 6.04. The number of amides is 3. The maximum Gasteiger partial charge on any atom is 0.410 e. The van der Waals surface area contributed by atoms with Crippen LogP contribution in [0.15, 0.2) is 0 Å². The van der Waals surface area contributed by atoms with Gasteiger partial charge in [0.2, 0.25) is 11.8 Å². The summed E-state index contributed by atoms with van der Waals surface area (Å²) in [7, 11) is 0. The first kappa shape index (κ1) is 19.2. The Morgan fingerprint density at radius 2 is 1.42 bits per heavy atom. The summed E-state index contributed by atoms with van der Waals surface area (Å²) in [5.41, 5.74) is 0. The normalized spacial score (nSPS) is 24.0. The van der Waals surface area contributed by atoms with Gasteiger partial charge in [0.25, 0.3) is 0 Å². The van der Waals surface area contributed by atoms with Crippen molar-refractivity contribution in [3.63, 3.8) is 0 Å². The average Bonchev–Trinajstić information content (AvgIpc) is 2.95. The van der Waals surface area contributed by atoms with Crippen molar-refractivity contribution in [3.8, 4) is 0 Å². The molecule has 6 heteroatoms. The molecule has 6 nitrogen and oxygen atoms in total. The van der Waals surface area contributed by atoms with E-state index in [9.17, 15) is 14.4 Å². The zero-order chi connectivity index (χ0) is 18.5. The van der Waals surface area contributed by atoms with E-state index in [1.54, 1.807) is 6.92 Å². The molecule has 1 atom stereocenters. The van der Waals surface area contributed by atoms with E-state index in [1.807, 2.05) is 4.90 Å². The average molecular weight is 364 g/mol. The molecule has 26 heavy (non-hydrogen) atoms. The van der Waals surface area contributed by atoms with Crippen molar-refractivity contribution in [3.05, 3.63) is 0 Å². The largest absolute Gasteiger partial charge is 0.444 e. The summed E-state index contributed by atoms with van der Waals surface area (Å²) in [6, 6.07) is 0.559. The summed E-state index contributed by atoms with van der Waals surface area (Å²) in [6.07, 6.45) is 11.3. The van der Waals surface area contributed by atoms with Gasteiger partial charge in [-0.1, -0.05) is 38.5 Å². The Labute approximate surface area is 156 Å². The number of hydrogen-bond acceptors (Lipinski definition) is 4. The Hall–Kier alpha value is -1.59. The minimum atomic E-state index is -0.469. The number of hydrogen-bond donors (Lipinski definition) is 0. The van der Waals surface area contributed by atoms with Gasteiger partial charge < -0.3 is 9.64 Å². The summed E-state index contributed by atoms with van der Waals surface area (Å²) < 4.78 is 5.72. The zero-order valence-electron chi connectivity index (χ0n) is 16.0. The first-order valence-electron chi connectivity index (χ1n) is 10.4. The highest BCUT2D eigenvalue weighted by molar-refractivity contribution is 6.01. The van der Waals surface area contributed by atoms with Crippen LogP contribution in [0.1, 0.15) is 84.0 Å². The lowest BCUT2D eigenvalue weighted by atomic mass is 9.89. The molecule has 0 aromatic rings. The van der Waals surface area contributed by atoms with E-state index < -0.39 is 6.10 Å². The van der Waals surface area contributed by atoms with Crippen molar-refractivity contribution in [2.75, 3.05) is 6.54 Å². The van der Waals surface area contributed by atoms with E-state index in [1.165, 1.54) is 43.4 Å². The fourth-order valence-corrected chi connectivity index (χ4v) is 4.67. The molecule has 3 fully saturated rings. The Kier molecular flexibility index (Phi) is 6.54. The van der Waals surface area contributed by atoms with Gasteiger partial charge in [-0.05, 0) is 32.6 Å². The third kappa shape index (κ3) is 4.57. The van der Waals surface area contributed by atoms with Gasteiger partial charge >= 0.3 is 6.09 Å². The molecule has 3 amide bonds. The van der Waals surface area contributed by atoms with E-state index in [-0.39, 0.29) is 49.4 Å². The van der Waals surface area contributed by atoms with E-state index >= 15 is 0 Å². The van der Waals surface area contributed by atoms with Gasteiger partial charge in [0.05, 0.1) is 6.54 Å². The molecule has 1 heterocycles. The molecule has 0 aromatic carbocycles. The molecular formula is C20H32N2O4. The maximum absolute atomic E-state index is 13.0. The van der Waals surface area contributed by atoms with Gasteiger partial charge in [0.15, 0.2) is 0 Å². The Bertz CT molecular complexity index is 490. The van der Waals surface area contributed by atoms with Gasteiger partial charge in [-0.25, -0.2) is 4.79 Å². The summed E-state index contributed by atoms with van der Waals surface area (Å²) >= 11 is 0. The van der Waals surface area contributed by atoms with Gasteiger partial charge in [-0.2, -0.15) is 0 Å². The lowest BCUT2D eigenvalue weighted by molar-refractivity contribution is -0.140. The topological polar surface area (TPSA) is 66.9 Å². The van der Waals surface area contributed by atoms with Crippen LogP contribution in [0.4, 0.5) is 4.79 Å². The van der Waals surface area contributed by atoms with Crippen molar-refractivity contribution in [1.82, 2.24) is 9.80 Å². The highest BCUT2D eigenvalue weighted by Crippen LogP contribution is 2.31. The number of nitrogens with zero attached hydrogens (tertiary/aromatic N) is 2. The summed E-state index contributed by atoms with van der Waals surface area (Å²) in [5.74, 6) is -0.316. The summed E-state index contributed by atoms with van der Waals surface area (Å²) in [5, 5.41) is 0. The molecular weight excluding hydrogens is 332 g/mol. The molecule has 2 saturated carbocycles. The molecule has 0 bridgehead atoms. The van der Waals surface area contributed by atoms with E-state index in [0.29, 0.717) is 0 Å². The molecule has 0 aromatic heterocycles. The fourth-order valence-electron chi connectivity index (χ4n) is 4.67. The van der Waals surface area contributed by atoms with Crippen molar-refractivity contribution in [2.24, 2.45) is 0 Å². The lowest BCUT2D eigenvalue weighted by Gasteiger charge is -2.41. The number of carbonyl (C=O) groups is 3. The predicted octanol–water partition coefficient (Wildman–Crippen LogP) is 3.63. The summed E-state index contributed by atoms with van der Waals surface area (Å²) in [6.45, 7) is 1.95. The maximum atomic E-state index is 13.0. The van der Waals surface area contributed by atoms with Crippen LogP contribution in [-0.4, -0.2) is 52.4 Å². The summed E-state index contributed by atoms with van der Waals surface area (Å²) in [4.78, 5) is 39.8. The fraction of sp³-hybridized carbons (Fsp3) is 0.850. The van der Waals surface area contributed by atoms with Crippen LogP contribution in [0.5, 0.6) is 0 Å². The van der Waals surface area contributed by atoms with Gasteiger partial charge in [0.1, 0.15) is 6.10 Å². The Morgan fingerprint density at radius 3 is 1.88 bits per heavy atom. The molecule has 3 aliphatic rings. The van der Waals surface area contributed by atoms with E-state index in [0.717, 1.165) is 25.7 Å². The zero-order valence-corrected chi connectivity index (χ0v) is 16.0. The standard InChI is InChI=1S/C20H32N2O4/c1-15(14-21-18(23)12-13-19(21)24)26-20(25)22(16-8-4-2-5-9-16)17-10-6-3-7-11-17/h15-17H,2-14H2,1H3. The SMILES string of the molecule is CC(CN1C(=O)CCC1=O)OC(=O)N(C1CCCCC1)C1CCCCC1. The molecule has 0 N–H and O–H groups in total. The molecule has 0 radical (unpaired) electrons. The number of imide groups is 1. The highest BCUT2D eigenvalue weighted by Gasteiger charge is 2.35. The van der Waals surface area contributed by atoms with Crippen molar-refractivity contribution in [1.29, 1.82) is 0 Å². The van der Waals surface area contributed by atoms with Gasteiger partial charge in [-0.3, -0.25) is 14.5 Å². The van der Waals surface area contributed by atoms with Crippen molar-refractivity contribution in [2.45, 2.75) is 102 Å². The van der Waals surface area contributed by atoms with Gasteiger partial charge in [0, 0.05) is 24.9 Å². The van der Waals surface area contributed by atoms with Crippen LogP contribution in [0.25, 0.3) is 0 Å². The smallest absolute Gasteiger partial charge is 0.410 e. The second-order valence-electron chi connectivity index (χ2n) is 8.08. The van der Waals surface area contributed by atoms with Crippen LogP contribution in [0.2, 0.25) is 0 Å². The van der Waals surface area contributed by atoms with E-state index in [4.69, 9.17) is 4.74 Å². The minimum absolute atomic E-state index is 0.158. The number of rotatable bonds is 5. The molecule has 1 unspecified atom stereocenters. The second kappa shape index (κ2) is 8.87. The first-order chi connectivity index (χ1) is 12.6. The minimum Gasteiger partial charge on any atom is -0.444 e. The quantitative estimate of drug-likeness (QED) is 0.699. The number of carbonyl (C=O) groups excluding carboxylic acids is 3. The predicted molar refractivity (Wildman–Crippen MR) is 97.5 cm³/mol. The monoisotopic (exact) mass is 364 g/mol. The lowest BCUT2D eigenvalue weighted by Crippen LogP contribution is -2.50. The van der Waals surface area contributed by atoms with Gasteiger partial charge in [-0.15, -0.1) is 0 Å².